The Bertz CT molecular complexity index is 410. The molecule has 107 valence electrons. The summed E-state index contributed by atoms with van der Waals surface area (Å²) in [5.41, 5.74) is 3.65. The SMILES string of the molecule is CCc1cc(C(C)(C)CC(C)(C)C)cc(CC)c1[O]. The average molecular weight is 261 g/mol. The fraction of sp³-hybridized carbons (Fsp3) is 0.667. The lowest BCUT2D eigenvalue weighted by Gasteiger charge is -2.33. The largest absolute Gasteiger partial charge is 0.289 e. The summed E-state index contributed by atoms with van der Waals surface area (Å²) in [6.07, 6.45) is 2.76. The van der Waals surface area contributed by atoms with Gasteiger partial charge in [0.1, 0.15) is 0 Å². The van der Waals surface area contributed by atoms with Crippen LogP contribution in [0.4, 0.5) is 0 Å². The number of aryl methyl sites for hydroxylation is 2. The van der Waals surface area contributed by atoms with Crippen molar-refractivity contribution >= 4 is 0 Å². The van der Waals surface area contributed by atoms with Crippen LogP contribution in [0.3, 0.4) is 0 Å². The van der Waals surface area contributed by atoms with Gasteiger partial charge in [0.2, 0.25) is 0 Å². The Morgan fingerprint density at radius 1 is 0.895 bits per heavy atom. The second-order valence-corrected chi connectivity index (χ2v) is 7.45. The molecule has 0 unspecified atom stereocenters. The first kappa shape index (κ1) is 16.1. The quantitative estimate of drug-likeness (QED) is 0.665. The van der Waals surface area contributed by atoms with Gasteiger partial charge in [0.05, 0.1) is 0 Å². The third-order valence-corrected chi connectivity index (χ3v) is 3.76. The fourth-order valence-corrected chi connectivity index (χ4v) is 3.10. The van der Waals surface area contributed by atoms with Crippen LogP contribution in [-0.2, 0) is 23.4 Å². The molecule has 0 saturated carbocycles. The van der Waals surface area contributed by atoms with Gasteiger partial charge in [0.25, 0.3) is 0 Å². The summed E-state index contributed by atoms with van der Waals surface area (Å²) in [7, 11) is 0. The van der Waals surface area contributed by atoms with Crippen molar-refractivity contribution in [3.63, 3.8) is 0 Å². The Balaban J connectivity index is 3.26. The topological polar surface area (TPSA) is 19.9 Å². The van der Waals surface area contributed by atoms with E-state index in [-0.39, 0.29) is 11.2 Å². The Morgan fingerprint density at radius 2 is 1.32 bits per heavy atom. The number of benzene rings is 1. The van der Waals surface area contributed by atoms with Gasteiger partial charge in [-0.1, -0.05) is 60.6 Å². The van der Waals surface area contributed by atoms with Crippen molar-refractivity contribution in [1.82, 2.24) is 0 Å². The highest BCUT2D eigenvalue weighted by atomic mass is 16.3. The van der Waals surface area contributed by atoms with Crippen LogP contribution in [0.15, 0.2) is 12.1 Å². The Labute approximate surface area is 119 Å². The highest BCUT2D eigenvalue weighted by molar-refractivity contribution is 5.45. The van der Waals surface area contributed by atoms with Crippen LogP contribution in [0.2, 0.25) is 0 Å². The van der Waals surface area contributed by atoms with Crippen molar-refractivity contribution < 1.29 is 5.11 Å². The predicted octanol–water partition coefficient (Wildman–Crippen LogP) is 5.67. The Hall–Kier alpha value is -0.980. The third-order valence-electron chi connectivity index (χ3n) is 3.76. The van der Waals surface area contributed by atoms with Crippen molar-refractivity contribution in [3.8, 4) is 5.75 Å². The van der Waals surface area contributed by atoms with Gasteiger partial charge in [-0.25, -0.2) is 0 Å². The average Bonchev–Trinajstić information content (AvgIpc) is 2.25. The number of hydrogen-bond acceptors (Lipinski definition) is 0. The van der Waals surface area contributed by atoms with Crippen LogP contribution >= 0.6 is 0 Å². The molecule has 0 aliphatic carbocycles. The highest BCUT2D eigenvalue weighted by Crippen LogP contribution is 2.39. The van der Waals surface area contributed by atoms with Crippen molar-refractivity contribution in [3.05, 3.63) is 28.8 Å². The van der Waals surface area contributed by atoms with E-state index < -0.39 is 0 Å². The molecule has 0 saturated heterocycles. The molecule has 1 aromatic carbocycles. The summed E-state index contributed by atoms with van der Waals surface area (Å²) in [4.78, 5) is 0. The maximum absolute atomic E-state index is 12.2. The third kappa shape index (κ3) is 3.99. The molecule has 0 N–H and O–H groups in total. The Morgan fingerprint density at radius 3 is 1.63 bits per heavy atom. The molecule has 19 heavy (non-hydrogen) atoms. The van der Waals surface area contributed by atoms with E-state index in [1.54, 1.807) is 0 Å². The first-order chi connectivity index (χ1) is 8.60. The number of rotatable bonds is 4. The van der Waals surface area contributed by atoms with Gasteiger partial charge in [-0.3, -0.25) is 5.11 Å². The van der Waals surface area contributed by atoms with Crippen LogP contribution in [0.1, 0.15) is 71.6 Å². The lowest BCUT2D eigenvalue weighted by molar-refractivity contribution is 0.283. The molecule has 1 aromatic rings. The minimum atomic E-state index is 0.111. The molecular formula is C18H29O. The van der Waals surface area contributed by atoms with Gasteiger partial charge in [-0.05, 0) is 46.8 Å². The molecule has 0 bridgehead atoms. The molecule has 0 atom stereocenters. The number of hydrogen-bond donors (Lipinski definition) is 0. The van der Waals surface area contributed by atoms with Gasteiger partial charge < -0.3 is 0 Å². The van der Waals surface area contributed by atoms with Crippen LogP contribution in [0.25, 0.3) is 0 Å². The zero-order chi connectivity index (χ0) is 14.8. The van der Waals surface area contributed by atoms with Gasteiger partial charge in [-0.2, -0.15) is 0 Å². The van der Waals surface area contributed by atoms with Crippen molar-refractivity contribution in [2.75, 3.05) is 0 Å². The van der Waals surface area contributed by atoms with Crippen LogP contribution in [0, 0.1) is 5.41 Å². The molecule has 0 amide bonds. The lowest BCUT2D eigenvalue weighted by atomic mass is 9.71. The smallest absolute Gasteiger partial charge is 0.184 e. The summed E-state index contributed by atoms with van der Waals surface area (Å²) in [5, 5.41) is 12.2. The van der Waals surface area contributed by atoms with E-state index in [0.717, 1.165) is 30.4 Å². The van der Waals surface area contributed by atoms with E-state index in [0.29, 0.717) is 5.41 Å². The summed E-state index contributed by atoms with van der Waals surface area (Å²) < 4.78 is 0. The fourth-order valence-electron chi connectivity index (χ4n) is 3.10. The molecule has 0 aliphatic heterocycles. The van der Waals surface area contributed by atoms with Gasteiger partial charge in [-0.15, -0.1) is 0 Å². The van der Waals surface area contributed by atoms with Crippen molar-refractivity contribution in [1.29, 1.82) is 0 Å². The molecule has 0 spiro atoms. The second kappa shape index (κ2) is 5.56. The monoisotopic (exact) mass is 261 g/mol. The van der Waals surface area contributed by atoms with E-state index in [1.807, 2.05) is 0 Å². The minimum absolute atomic E-state index is 0.111. The summed E-state index contributed by atoms with van der Waals surface area (Å²) in [6, 6.07) is 4.26. The van der Waals surface area contributed by atoms with E-state index in [2.05, 4.69) is 60.6 Å². The molecule has 1 heteroatoms. The standard InChI is InChI=1S/C18H29O/c1-8-13-10-15(11-14(9-2)16(13)19)18(6,7)12-17(3,4)5/h10-11H,8-9,12H2,1-7H3. The zero-order valence-corrected chi connectivity index (χ0v) is 13.7. The van der Waals surface area contributed by atoms with E-state index in [1.165, 1.54) is 5.56 Å². The van der Waals surface area contributed by atoms with Crippen LogP contribution in [-0.4, -0.2) is 0 Å². The van der Waals surface area contributed by atoms with Gasteiger partial charge in [0, 0.05) is 0 Å². The van der Waals surface area contributed by atoms with Gasteiger partial charge >= 0.3 is 0 Å². The zero-order valence-electron chi connectivity index (χ0n) is 13.7. The maximum atomic E-state index is 12.2. The van der Waals surface area contributed by atoms with E-state index in [9.17, 15) is 5.11 Å². The van der Waals surface area contributed by atoms with Crippen LogP contribution in [0.5, 0.6) is 5.75 Å². The predicted molar refractivity (Wildman–Crippen MR) is 82.4 cm³/mol. The minimum Gasteiger partial charge on any atom is -0.289 e. The van der Waals surface area contributed by atoms with E-state index in [4.69, 9.17) is 0 Å². The normalized spacial score (nSPS) is 12.8. The van der Waals surface area contributed by atoms with Crippen LogP contribution < -0.4 is 0 Å². The molecule has 0 fully saturated rings. The van der Waals surface area contributed by atoms with Crippen molar-refractivity contribution in [2.45, 2.75) is 73.1 Å². The molecule has 1 radical (unpaired) electrons. The summed E-state index contributed by atoms with van der Waals surface area (Å²) >= 11 is 0. The first-order valence-corrected chi connectivity index (χ1v) is 7.44. The molecule has 1 rings (SSSR count). The van der Waals surface area contributed by atoms with E-state index >= 15 is 0 Å². The molecule has 0 aliphatic rings. The molecule has 0 aromatic heterocycles. The lowest BCUT2D eigenvalue weighted by Crippen LogP contribution is -2.25. The molecular weight excluding hydrogens is 232 g/mol. The van der Waals surface area contributed by atoms with Gasteiger partial charge in [0.15, 0.2) is 5.75 Å². The first-order valence-electron chi connectivity index (χ1n) is 7.44. The maximum Gasteiger partial charge on any atom is 0.184 e. The molecule has 0 heterocycles. The summed E-state index contributed by atoms with van der Waals surface area (Å²) in [6.45, 7) is 15.5. The molecule has 1 nitrogen and oxygen atoms in total. The summed E-state index contributed by atoms with van der Waals surface area (Å²) in [5.74, 6) is 0.250. The highest BCUT2D eigenvalue weighted by Gasteiger charge is 2.28. The van der Waals surface area contributed by atoms with Crippen molar-refractivity contribution in [2.24, 2.45) is 5.41 Å². The second-order valence-electron chi connectivity index (χ2n) is 7.45. The Kier molecular flexibility index (Phi) is 4.71.